The van der Waals surface area contributed by atoms with E-state index in [9.17, 15) is 0 Å². The van der Waals surface area contributed by atoms with Crippen LogP contribution in [0.5, 0.6) is 0 Å². The Morgan fingerprint density at radius 1 is 0.675 bits per heavy atom. The SMILES string of the molecule is Brc1ccc(CCOC2CCCCO2)cc1.CC(C)(C)[SiH](c1ccc(CCOC2CCCCO2)cc1)C(C)(C)C. The molecule has 224 valence electrons. The number of hydrogen-bond acceptors (Lipinski definition) is 4. The fourth-order valence-corrected chi connectivity index (χ4v) is 11.6. The summed E-state index contributed by atoms with van der Waals surface area (Å²) in [5.41, 5.74) is 2.67. The van der Waals surface area contributed by atoms with E-state index >= 15 is 0 Å². The molecule has 0 aliphatic carbocycles. The Morgan fingerprint density at radius 3 is 1.48 bits per heavy atom. The lowest BCUT2D eigenvalue weighted by Crippen LogP contribution is -2.45. The molecule has 2 aromatic rings. The Morgan fingerprint density at radius 2 is 1.10 bits per heavy atom. The molecule has 40 heavy (non-hydrogen) atoms. The molecule has 2 unspecified atom stereocenters. The molecule has 2 aliphatic heterocycles. The monoisotopic (exact) mass is 632 g/mol. The standard InChI is InChI=1S/C21H36O2Si.C13H17BrO2/c1-20(2,3)24(21(4,5)6)18-12-10-17(11-13-18)14-16-23-19-9-7-8-15-22-19;14-12-6-4-11(5-7-12)8-10-16-13-3-1-2-9-15-13/h10-13,19,24H,7-9,14-16H2,1-6H3;4-7,13H,1-3,8-10H2. The highest BCUT2D eigenvalue weighted by molar-refractivity contribution is 9.10. The Labute approximate surface area is 254 Å². The summed E-state index contributed by atoms with van der Waals surface area (Å²) in [7, 11) is -1.09. The molecule has 2 aliphatic rings. The summed E-state index contributed by atoms with van der Waals surface area (Å²) >= 11 is 3.42. The lowest BCUT2D eigenvalue weighted by Gasteiger charge is -2.39. The summed E-state index contributed by atoms with van der Waals surface area (Å²) in [5, 5.41) is 2.36. The Balaban J connectivity index is 0.000000238. The number of benzene rings is 2. The number of rotatable bonds is 9. The van der Waals surface area contributed by atoms with E-state index < -0.39 is 8.80 Å². The average Bonchev–Trinajstić information content (AvgIpc) is 2.91. The maximum absolute atomic E-state index is 5.86. The minimum atomic E-state index is -1.09. The summed E-state index contributed by atoms with van der Waals surface area (Å²) < 4.78 is 23.8. The van der Waals surface area contributed by atoms with E-state index in [4.69, 9.17) is 18.9 Å². The van der Waals surface area contributed by atoms with Gasteiger partial charge in [-0.1, -0.05) is 99.1 Å². The second-order valence-corrected chi connectivity index (χ2v) is 19.3. The molecular weight excluding hydrogens is 580 g/mol. The Kier molecular flexibility index (Phi) is 13.9. The molecule has 2 aromatic carbocycles. The second kappa shape index (κ2) is 16.6. The largest absolute Gasteiger partial charge is 0.353 e. The summed E-state index contributed by atoms with van der Waals surface area (Å²) in [4.78, 5) is 0. The van der Waals surface area contributed by atoms with Crippen LogP contribution in [-0.4, -0.2) is 47.8 Å². The van der Waals surface area contributed by atoms with Crippen LogP contribution in [0.3, 0.4) is 0 Å². The minimum absolute atomic E-state index is 0.0246. The molecular formula is C34H53BrO4Si. The van der Waals surface area contributed by atoms with Crippen LogP contribution in [0.2, 0.25) is 10.1 Å². The van der Waals surface area contributed by atoms with Gasteiger partial charge in [0.15, 0.2) is 12.6 Å². The summed E-state index contributed by atoms with van der Waals surface area (Å²) in [6.07, 6.45) is 8.86. The lowest BCUT2D eigenvalue weighted by atomic mass is 10.1. The van der Waals surface area contributed by atoms with E-state index in [0.717, 1.165) is 56.6 Å². The van der Waals surface area contributed by atoms with Gasteiger partial charge < -0.3 is 18.9 Å². The van der Waals surface area contributed by atoms with Crippen molar-refractivity contribution in [3.05, 3.63) is 64.1 Å². The highest BCUT2D eigenvalue weighted by Crippen LogP contribution is 2.41. The van der Waals surface area contributed by atoms with Crippen molar-refractivity contribution in [2.45, 2.75) is 116 Å². The molecule has 0 radical (unpaired) electrons. The Bertz CT molecular complexity index is 939. The van der Waals surface area contributed by atoms with Gasteiger partial charge in [-0.05, 0) is 84.7 Å². The fourth-order valence-electron chi connectivity index (χ4n) is 6.13. The van der Waals surface area contributed by atoms with Crippen LogP contribution in [0.1, 0.15) is 91.2 Å². The maximum atomic E-state index is 5.86. The van der Waals surface area contributed by atoms with E-state index in [2.05, 4.69) is 106 Å². The summed E-state index contributed by atoms with van der Waals surface area (Å²) in [5.74, 6) is 0. The quantitative estimate of drug-likeness (QED) is 0.260. The molecule has 0 bridgehead atoms. The normalized spacial score (nSPS) is 20.2. The maximum Gasteiger partial charge on any atom is 0.157 e. The third kappa shape index (κ3) is 12.1. The summed E-state index contributed by atoms with van der Waals surface area (Å²) in [6.45, 7) is 17.6. The Hall–Kier alpha value is -1.02. The first-order valence-corrected chi connectivity index (χ1v) is 17.8. The molecule has 2 heterocycles. The molecule has 0 aromatic heterocycles. The summed E-state index contributed by atoms with van der Waals surface area (Å²) in [6, 6.07) is 17.7. The van der Waals surface area contributed by atoms with Crippen molar-refractivity contribution in [2.75, 3.05) is 26.4 Å². The first kappa shape index (κ1) is 33.5. The second-order valence-electron chi connectivity index (χ2n) is 13.4. The van der Waals surface area contributed by atoms with Gasteiger partial charge in [0, 0.05) is 17.7 Å². The third-order valence-corrected chi connectivity index (χ3v) is 12.7. The van der Waals surface area contributed by atoms with Gasteiger partial charge in [-0.3, -0.25) is 0 Å². The van der Waals surface area contributed by atoms with Crippen molar-refractivity contribution in [1.82, 2.24) is 0 Å². The molecule has 4 nitrogen and oxygen atoms in total. The molecule has 0 amide bonds. The van der Waals surface area contributed by atoms with Gasteiger partial charge in [-0.15, -0.1) is 0 Å². The number of halogens is 1. The van der Waals surface area contributed by atoms with Gasteiger partial charge in [0.2, 0.25) is 0 Å². The zero-order valence-electron chi connectivity index (χ0n) is 25.8. The number of hydrogen-bond donors (Lipinski definition) is 0. The topological polar surface area (TPSA) is 36.9 Å². The van der Waals surface area contributed by atoms with Crippen LogP contribution >= 0.6 is 15.9 Å². The molecule has 0 N–H and O–H groups in total. The van der Waals surface area contributed by atoms with Crippen molar-refractivity contribution in [3.8, 4) is 0 Å². The fraction of sp³-hybridized carbons (Fsp3) is 0.647. The smallest absolute Gasteiger partial charge is 0.157 e. The molecule has 2 atom stereocenters. The van der Waals surface area contributed by atoms with E-state index in [-0.39, 0.29) is 12.6 Å². The van der Waals surface area contributed by atoms with Crippen LogP contribution in [0.25, 0.3) is 0 Å². The van der Waals surface area contributed by atoms with Crippen LogP contribution in [0, 0.1) is 0 Å². The van der Waals surface area contributed by atoms with Gasteiger partial charge in [-0.25, -0.2) is 0 Å². The third-order valence-electron chi connectivity index (χ3n) is 7.62. The molecule has 2 saturated heterocycles. The van der Waals surface area contributed by atoms with Crippen molar-refractivity contribution in [1.29, 1.82) is 0 Å². The van der Waals surface area contributed by atoms with Crippen LogP contribution in [-0.2, 0) is 31.8 Å². The minimum Gasteiger partial charge on any atom is -0.353 e. The van der Waals surface area contributed by atoms with Crippen molar-refractivity contribution < 1.29 is 18.9 Å². The first-order chi connectivity index (χ1) is 19.0. The van der Waals surface area contributed by atoms with E-state index in [0.29, 0.717) is 10.1 Å². The van der Waals surface area contributed by atoms with Crippen molar-refractivity contribution in [2.24, 2.45) is 0 Å². The zero-order valence-corrected chi connectivity index (χ0v) is 28.6. The predicted molar refractivity (Wildman–Crippen MR) is 173 cm³/mol. The van der Waals surface area contributed by atoms with Crippen LogP contribution < -0.4 is 5.19 Å². The molecule has 4 rings (SSSR count). The van der Waals surface area contributed by atoms with Crippen molar-refractivity contribution in [3.63, 3.8) is 0 Å². The van der Waals surface area contributed by atoms with Gasteiger partial charge in [0.1, 0.15) is 0 Å². The predicted octanol–water partition coefficient (Wildman–Crippen LogP) is 8.34. The van der Waals surface area contributed by atoms with Crippen molar-refractivity contribution >= 4 is 29.9 Å². The average molecular weight is 634 g/mol. The molecule has 0 saturated carbocycles. The zero-order chi connectivity index (χ0) is 29.0. The highest BCUT2D eigenvalue weighted by Gasteiger charge is 2.37. The van der Waals surface area contributed by atoms with Gasteiger partial charge in [-0.2, -0.15) is 0 Å². The van der Waals surface area contributed by atoms with E-state index in [1.807, 2.05) is 0 Å². The van der Waals surface area contributed by atoms with E-state index in [1.165, 1.54) is 36.8 Å². The van der Waals surface area contributed by atoms with Crippen LogP contribution in [0.4, 0.5) is 0 Å². The highest BCUT2D eigenvalue weighted by atomic mass is 79.9. The van der Waals surface area contributed by atoms with Gasteiger partial charge in [0.25, 0.3) is 0 Å². The molecule has 6 heteroatoms. The van der Waals surface area contributed by atoms with Gasteiger partial charge in [0.05, 0.1) is 22.0 Å². The molecule has 0 spiro atoms. The molecule has 2 fully saturated rings. The first-order valence-electron chi connectivity index (χ1n) is 15.3. The van der Waals surface area contributed by atoms with E-state index in [1.54, 1.807) is 5.19 Å². The van der Waals surface area contributed by atoms with Gasteiger partial charge >= 0.3 is 0 Å². The number of ether oxygens (including phenoxy) is 4. The lowest BCUT2D eigenvalue weighted by molar-refractivity contribution is -0.161. The van der Waals surface area contributed by atoms with Crippen LogP contribution in [0.15, 0.2) is 53.0 Å².